The maximum absolute atomic E-state index is 15.0. The molecule has 13 heteroatoms. The Hall–Kier alpha value is -3.16. The molecule has 0 saturated carbocycles. The van der Waals surface area contributed by atoms with E-state index in [1.807, 2.05) is 29.2 Å². The fraction of sp³-hybridized carbons (Fsp3) is 0.318. The van der Waals surface area contributed by atoms with Crippen molar-refractivity contribution in [3.05, 3.63) is 70.2 Å². The van der Waals surface area contributed by atoms with Crippen LogP contribution in [-0.2, 0) is 16.6 Å². The number of oxazole rings is 1. The third-order valence-corrected chi connectivity index (χ3v) is 8.10. The minimum Gasteiger partial charge on any atom is -0.408 e. The van der Waals surface area contributed by atoms with Crippen molar-refractivity contribution in [2.45, 2.75) is 37.0 Å². The maximum Gasteiger partial charge on any atom is 0.420 e. The summed E-state index contributed by atoms with van der Waals surface area (Å²) >= 11 is 0.799. The normalized spacial score (nSPS) is 17.7. The number of aromatic nitrogens is 3. The first-order valence-corrected chi connectivity index (χ1v) is 13.1. The van der Waals surface area contributed by atoms with E-state index in [1.54, 1.807) is 6.92 Å². The van der Waals surface area contributed by atoms with Crippen molar-refractivity contribution in [2.75, 3.05) is 17.8 Å². The fourth-order valence-electron chi connectivity index (χ4n) is 4.39. The summed E-state index contributed by atoms with van der Waals surface area (Å²) in [4.78, 5) is 17.9. The number of hydrogen-bond acceptors (Lipinski definition) is 8. The zero-order valence-corrected chi connectivity index (χ0v) is 20.2. The molecule has 0 radical (unpaired) electrons. The second-order valence-corrected chi connectivity index (χ2v) is 10.8. The van der Waals surface area contributed by atoms with Gasteiger partial charge in [-0.25, -0.2) is 27.0 Å². The fourth-order valence-corrected chi connectivity index (χ4v) is 6.13. The van der Waals surface area contributed by atoms with Crippen molar-refractivity contribution in [2.24, 2.45) is 0 Å². The molecular formula is C22H21F2N5O4S2. The van der Waals surface area contributed by atoms with Crippen LogP contribution in [0.5, 0.6) is 0 Å². The van der Waals surface area contributed by atoms with E-state index in [2.05, 4.69) is 14.1 Å². The molecule has 2 aromatic carbocycles. The number of alkyl halides is 1. The average Bonchev–Trinajstić information content (AvgIpc) is 3.53. The second-order valence-electron chi connectivity index (χ2n) is 8.34. The average molecular weight is 522 g/mol. The van der Waals surface area contributed by atoms with Crippen molar-refractivity contribution in [3.8, 4) is 0 Å². The quantitative estimate of drug-likeness (QED) is 0.396. The number of likely N-dealkylation sites (tertiary alicyclic amines) is 1. The molecule has 5 rings (SSSR count). The molecule has 2 atom stereocenters. The summed E-state index contributed by atoms with van der Waals surface area (Å²) in [6.45, 7) is 3.28. The molecular weight excluding hydrogens is 500 g/mol. The zero-order chi connectivity index (χ0) is 24.7. The molecule has 35 heavy (non-hydrogen) atoms. The Balaban J connectivity index is 1.52. The number of rotatable bonds is 7. The van der Waals surface area contributed by atoms with Gasteiger partial charge in [0, 0.05) is 43.3 Å². The van der Waals surface area contributed by atoms with Gasteiger partial charge in [-0.2, -0.15) is 4.37 Å². The number of nitrogens with zero attached hydrogens (tertiary/aromatic N) is 4. The largest absolute Gasteiger partial charge is 0.420 e. The van der Waals surface area contributed by atoms with Crippen LogP contribution in [-0.4, -0.2) is 46.5 Å². The molecule has 1 aliphatic heterocycles. The molecule has 0 aliphatic carbocycles. The van der Waals surface area contributed by atoms with Crippen molar-refractivity contribution in [3.63, 3.8) is 0 Å². The van der Waals surface area contributed by atoms with Crippen LogP contribution in [0.2, 0.25) is 0 Å². The SMILES string of the molecule is CC(c1ccccc1CN1CCC(F)C1)n1c(=O)oc2cc(S(=O)(=O)Nc3ncns3)c(F)cc21. The monoisotopic (exact) mass is 521 g/mol. The van der Waals surface area contributed by atoms with Crippen LogP contribution in [0.4, 0.5) is 13.9 Å². The van der Waals surface area contributed by atoms with Gasteiger partial charge in [-0.05, 0) is 24.5 Å². The van der Waals surface area contributed by atoms with E-state index in [0.29, 0.717) is 26.1 Å². The van der Waals surface area contributed by atoms with Gasteiger partial charge < -0.3 is 4.42 Å². The van der Waals surface area contributed by atoms with Gasteiger partial charge in [0.1, 0.15) is 23.2 Å². The van der Waals surface area contributed by atoms with Crippen LogP contribution in [0.25, 0.3) is 11.1 Å². The van der Waals surface area contributed by atoms with Gasteiger partial charge in [-0.15, -0.1) is 0 Å². The molecule has 1 N–H and O–H groups in total. The molecule has 4 aromatic rings. The lowest BCUT2D eigenvalue weighted by atomic mass is 10.0. The highest BCUT2D eigenvalue weighted by Crippen LogP contribution is 2.30. The Kier molecular flexibility index (Phi) is 6.15. The maximum atomic E-state index is 15.0. The van der Waals surface area contributed by atoms with Crippen molar-refractivity contribution in [1.29, 1.82) is 0 Å². The third kappa shape index (κ3) is 4.58. The molecule has 9 nitrogen and oxygen atoms in total. The Morgan fingerprint density at radius 3 is 2.83 bits per heavy atom. The molecule has 0 amide bonds. The van der Waals surface area contributed by atoms with E-state index in [1.165, 1.54) is 10.9 Å². The molecule has 0 spiro atoms. The molecule has 2 aromatic heterocycles. The lowest BCUT2D eigenvalue weighted by Gasteiger charge is -2.21. The first-order chi connectivity index (χ1) is 16.7. The van der Waals surface area contributed by atoms with Gasteiger partial charge in [0.05, 0.1) is 11.6 Å². The van der Waals surface area contributed by atoms with Gasteiger partial charge in [-0.3, -0.25) is 14.2 Å². The van der Waals surface area contributed by atoms with E-state index < -0.39 is 38.7 Å². The minimum absolute atomic E-state index is 0.0224. The Morgan fingerprint density at radius 1 is 1.31 bits per heavy atom. The number of nitrogens with one attached hydrogen (secondary N) is 1. The molecule has 1 aliphatic rings. The van der Waals surface area contributed by atoms with E-state index in [4.69, 9.17) is 4.42 Å². The predicted molar refractivity (Wildman–Crippen MR) is 126 cm³/mol. The number of anilines is 1. The summed E-state index contributed by atoms with van der Waals surface area (Å²) in [7, 11) is -4.33. The molecule has 3 heterocycles. The van der Waals surface area contributed by atoms with Crippen LogP contribution in [0.3, 0.4) is 0 Å². The molecule has 184 valence electrons. The summed E-state index contributed by atoms with van der Waals surface area (Å²) < 4.78 is 66.5. The third-order valence-electron chi connectivity index (χ3n) is 6.04. The van der Waals surface area contributed by atoms with Crippen molar-refractivity contribution >= 4 is 37.8 Å². The van der Waals surface area contributed by atoms with Crippen LogP contribution in [0, 0.1) is 5.82 Å². The lowest BCUT2D eigenvalue weighted by molar-refractivity contribution is 0.281. The van der Waals surface area contributed by atoms with E-state index in [0.717, 1.165) is 34.8 Å². The van der Waals surface area contributed by atoms with Crippen LogP contribution < -0.4 is 10.5 Å². The number of halogens is 2. The number of hydrogen-bond donors (Lipinski definition) is 1. The highest BCUT2D eigenvalue weighted by Gasteiger charge is 2.27. The van der Waals surface area contributed by atoms with Gasteiger partial charge in [0.2, 0.25) is 5.13 Å². The topological polar surface area (TPSA) is 110 Å². The summed E-state index contributed by atoms with van der Waals surface area (Å²) in [5.41, 5.74) is 1.76. The molecule has 2 unspecified atom stereocenters. The highest BCUT2D eigenvalue weighted by molar-refractivity contribution is 7.93. The predicted octanol–water partition coefficient (Wildman–Crippen LogP) is 3.54. The van der Waals surface area contributed by atoms with Crippen LogP contribution in [0.1, 0.15) is 30.5 Å². The summed E-state index contributed by atoms with van der Waals surface area (Å²) in [6, 6.07) is 8.87. The van der Waals surface area contributed by atoms with Crippen molar-refractivity contribution in [1.82, 2.24) is 18.8 Å². The minimum atomic E-state index is -4.33. The van der Waals surface area contributed by atoms with E-state index in [9.17, 15) is 17.6 Å². The number of benzene rings is 2. The van der Waals surface area contributed by atoms with Gasteiger partial charge in [0.25, 0.3) is 10.0 Å². The Labute approximate surface area is 203 Å². The van der Waals surface area contributed by atoms with Crippen LogP contribution in [0.15, 0.2) is 56.8 Å². The standard InChI is InChI=1S/C22H21F2N5O4S2/c1-13(16-5-3-2-4-14(16)10-28-7-6-15(23)11-28)29-18-8-17(24)20(9-19(18)33-22(29)30)35(31,32)27-21-25-12-26-34-21/h2-5,8-9,12-13,15H,6-7,10-11H2,1H3,(H,25,26,27). The molecule has 1 saturated heterocycles. The number of sulfonamides is 1. The van der Waals surface area contributed by atoms with Gasteiger partial charge in [-0.1, -0.05) is 24.3 Å². The van der Waals surface area contributed by atoms with E-state index in [-0.39, 0.29) is 16.2 Å². The second kappa shape index (κ2) is 9.13. The molecule has 1 fully saturated rings. The van der Waals surface area contributed by atoms with Crippen molar-refractivity contribution < 1.29 is 21.6 Å². The van der Waals surface area contributed by atoms with Gasteiger partial charge >= 0.3 is 5.76 Å². The smallest absolute Gasteiger partial charge is 0.408 e. The van der Waals surface area contributed by atoms with E-state index >= 15 is 4.39 Å². The molecule has 0 bridgehead atoms. The lowest BCUT2D eigenvalue weighted by Crippen LogP contribution is -2.24. The van der Waals surface area contributed by atoms with Crippen LogP contribution >= 0.6 is 11.5 Å². The summed E-state index contributed by atoms with van der Waals surface area (Å²) in [5, 5.41) is -0.0224. The highest BCUT2D eigenvalue weighted by atomic mass is 32.2. The summed E-state index contributed by atoms with van der Waals surface area (Å²) in [6.07, 6.45) is 0.803. The first-order valence-electron chi connectivity index (χ1n) is 10.8. The zero-order valence-electron chi connectivity index (χ0n) is 18.5. The Morgan fingerprint density at radius 2 is 2.11 bits per heavy atom. The Bertz CT molecular complexity index is 1540. The summed E-state index contributed by atoms with van der Waals surface area (Å²) in [5.74, 6) is -1.80. The van der Waals surface area contributed by atoms with Gasteiger partial charge in [0.15, 0.2) is 5.58 Å². The first kappa shape index (κ1) is 23.6. The number of fused-ring (bicyclic) bond motifs is 1.